The van der Waals surface area contributed by atoms with Crippen molar-refractivity contribution in [3.8, 4) is 5.69 Å². The van der Waals surface area contributed by atoms with E-state index >= 15 is 0 Å². The summed E-state index contributed by atoms with van der Waals surface area (Å²) < 4.78 is 3.21. The molecule has 35 heavy (non-hydrogen) atoms. The van der Waals surface area contributed by atoms with Crippen LogP contribution in [-0.2, 0) is 12.2 Å². The number of aromatic nitrogens is 4. The lowest BCUT2D eigenvalue weighted by atomic mass is 10.1. The van der Waals surface area contributed by atoms with E-state index in [0.717, 1.165) is 30.5 Å². The van der Waals surface area contributed by atoms with Crippen molar-refractivity contribution in [3.05, 3.63) is 110 Å². The molecule has 0 fully saturated rings. The lowest BCUT2D eigenvalue weighted by molar-refractivity contribution is 0.791. The fraction of sp³-hybridized carbons (Fsp3) is 0.214. The smallest absolute Gasteiger partial charge is 0.266 e. The molecule has 7 heteroatoms. The Morgan fingerprint density at radius 2 is 1.74 bits per heavy atom. The van der Waals surface area contributed by atoms with Crippen molar-refractivity contribution in [2.24, 2.45) is 0 Å². The third-order valence-electron chi connectivity index (χ3n) is 5.97. The van der Waals surface area contributed by atoms with Gasteiger partial charge in [0.25, 0.3) is 11.1 Å². The Bertz CT molecular complexity index is 1640. The summed E-state index contributed by atoms with van der Waals surface area (Å²) in [4.78, 5) is 35.6. The van der Waals surface area contributed by atoms with Crippen molar-refractivity contribution in [1.29, 1.82) is 0 Å². The number of rotatable bonds is 7. The zero-order chi connectivity index (χ0) is 24.4. The molecule has 0 saturated carbocycles. The van der Waals surface area contributed by atoms with E-state index in [-0.39, 0.29) is 11.1 Å². The minimum absolute atomic E-state index is 0.110. The number of nitrogens with zero attached hydrogens (tertiary/aromatic N) is 4. The molecule has 6 nitrogen and oxygen atoms in total. The van der Waals surface area contributed by atoms with Gasteiger partial charge in [-0.2, -0.15) is 0 Å². The Labute approximate surface area is 207 Å². The average Bonchev–Trinajstić information content (AvgIpc) is 2.87. The Morgan fingerprint density at radius 1 is 0.943 bits per heavy atom. The second-order valence-corrected chi connectivity index (χ2v) is 9.57. The highest BCUT2D eigenvalue weighted by Gasteiger charge is 2.14. The van der Waals surface area contributed by atoms with Crippen molar-refractivity contribution in [3.63, 3.8) is 0 Å². The highest BCUT2D eigenvalue weighted by atomic mass is 32.2. The summed E-state index contributed by atoms with van der Waals surface area (Å²) in [5.74, 6) is 0.416. The van der Waals surface area contributed by atoms with Crippen molar-refractivity contribution < 1.29 is 0 Å². The fourth-order valence-electron chi connectivity index (χ4n) is 4.10. The summed E-state index contributed by atoms with van der Waals surface area (Å²) in [5, 5.41) is 1.14. The van der Waals surface area contributed by atoms with E-state index in [4.69, 9.17) is 4.98 Å². The van der Waals surface area contributed by atoms with Gasteiger partial charge in [0.15, 0.2) is 5.16 Å². The van der Waals surface area contributed by atoms with E-state index in [1.807, 2.05) is 49.4 Å². The Hall–Kier alpha value is -3.71. The van der Waals surface area contributed by atoms with E-state index in [1.165, 1.54) is 17.3 Å². The first-order valence-electron chi connectivity index (χ1n) is 11.8. The van der Waals surface area contributed by atoms with Crippen LogP contribution < -0.4 is 11.1 Å². The maximum atomic E-state index is 13.5. The number of pyridine rings is 1. The molecule has 0 spiro atoms. The van der Waals surface area contributed by atoms with Crippen LogP contribution in [0, 0.1) is 6.92 Å². The molecule has 3 heterocycles. The molecular weight excluding hydrogens is 456 g/mol. The number of aryl methyl sites for hydroxylation is 2. The van der Waals surface area contributed by atoms with Gasteiger partial charge in [-0.1, -0.05) is 55.4 Å². The molecule has 0 aliphatic carbocycles. The first-order chi connectivity index (χ1) is 17.0. The molecule has 0 aliphatic rings. The largest absolute Gasteiger partial charge is 0.269 e. The first kappa shape index (κ1) is 23.1. The lowest BCUT2D eigenvalue weighted by Crippen LogP contribution is -2.22. The van der Waals surface area contributed by atoms with Crippen LogP contribution in [0.3, 0.4) is 0 Å². The topological polar surface area (TPSA) is 69.3 Å². The van der Waals surface area contributed by atoms with Crippen molar-refractivity contribution >= 4 is 28.3 Å². The molecule has 0 saturated heterocycles. The van der Waals surface area contributed by atoms with Gasteiger partial charge in [-0.15, -0.1) is 0 Å². The molecule has 0 atom stereocenters. The van der Waals surface area contributed by atoms with Crippen LogP contribution in [0.15, 0.2) is 87.7 Å². The molecule has 0 bridgehead atoms. The van der Waals surface area contributed by atoms with Gasteiger partial charge in [0.1, 0.15) is 5.65 Å². The summed E-state index contributed by atoms with van der Waals surface area (Å²) in [6, 6.07) is 20.8. The number of fused-ring (bicyclic) bond motifs is 2. The van der Waals surface area contributed by atoms with Crippen LogP contribution in [0.1, 0.15) is 36.6 Å². The zero-order valence-electron chi connectivity index (χ0n) is 19.8. The minimum Gasteiger partial charge on any atom is -0.269 e. The van der Waals surface area contributed by atoms with Gasteiger partial charge in [-0.3, -0.25) is 18.6 Å². The predicted octanol–water partition coefficient (Wildman–Crippen LogP) is 5.34. The van der Waals surface area contributed by atoms with Gasteiger partial charge >= 0.3 is 0 Å². The Morgan fingerprint density at radius 3 is 2.54 bits per heavy atom. The number of thioether (sulfide) groups is 1. The van der Waals surface area contributed by atoms with Crippen LogP contribution in [0.25, 0.3) is 22.2 Å². The first-order valence-corrected chi connectivity index (χ1v) is 12.7. The van der Waals surface area contributed by atoms with Gasteiger partial charge in [0.2, 0.25) is 0 Å². The van der Waals surface area contributed by atoms with Crippen LogP contribution in [0.2, 0.25) is 0 Å². The molecule has 5 aromatic rings. The normalized spacial score (nSPS) is 11.4. The molecule has 2 aromatic carbocycles. The Balaban J connectivity index is 1.54. The number of hydrogen-bond acceptors (Lipinski definition) is 5. The third kappa shape index (κ3) is 4.77. The standard InChI is InChI=1S/C28H26N4O2S/c1-3-4-7-20-11-13-22(14-12-20)32-27(34)23-8-5-6-9-24(23)30-28(32)35-18-21-16-26(33)31-17-19(2)10-15-25(31)29-21/h5-6,8-17H,3-4,7,18H2,1-2H3. The molecule has 0 unspecified atom stereocenters. The third-order valence-corrected chi connectivity index (χ3v) is 6.94. The summed E-state index contributed by atoms with van der Waals surface area (Å²) in [6.45, 7) is 4.12. The molecule has 5 rings (SSSR count). The van der Waals surface area contributed by atoms with Gasteiger partial charge in [0, 0.05) is 18.0 Å². The second-order valence-electron chi connectivity index (χ2n) is 8.63. The number of hydrogen-bond donors (Lipinski definition) is 0. The van der Waals surface area contributed by atoms with Crippen LogP contribution in [0.4, 0.5) is 0 Å². The zero-order valence-corrected chi connectivity index (χ0v) is 20.6. The van der Waals surface area contributed by atoms with Crippen molar-refractivity contribution in [2.45, 2.75) is 44.0 Å². The number of benzene rings is 2. The summed E-state index contributed by atoms with van der Waals surface area (Å²) in [6.07, 6.45) is 5.08. The quantitative estimate of drug-likeness (QED) is 0.231. The fourth-order valence-corrected chi connectivity index (χ4v) is 5.01. The Kier molecular flexibility index (Phi) is 6.51. The molecule has 176 valence electrons. The van der Waals surface area contributed by atoms with E-state index in [1.54, 1.807) is 27.3 Å². The lowest BCUT2D eigenvalue weighted by Gasteiger charge is -2.14. The van der Waals surface area contributed by atoms with E-state index in [2.05, 4.69) is 24.0 Å². The number of para-hydroxylation sites is 1. The molecule has 0 amide bonds. The van der Waals surface area contributed by atoms with Gasteiger partial charge in [0.05, 0.1) is 22.3 Å². The summed E-state index contributed by atoms with van der Waals surface area (Å²) >= 11 is 1.40. The number of unbranched alkanes of at least 4 members (excludes halogenated alkanes) is 1. The maximum absolute atomic E-state index is 13.5. The van der Waals surface area contributed by atoms with Gasteiger partial charge in [-0.05, 0) is 61.2 Å². The van der Waals surface area contributed by atoms with Crippen molar-refractivity contribution in [1.82, 2.24) is 18.9 Å². The van der Waals surface area contributed by atoms with Crippen LogP contribution in [0.5, 0.6) is 0 Å². The summed E-state index contributed by atoms with van der Waals surface area (Å²) in [7, 11) is 0. The average molecular weight is 483 g/mol. The van der Waals surface area contributed by atoms with Gasteiger partial charge in [-0.25, -0.2) is 9.97 Å². The predicted molar refractivity (Wildman–Crippen MR) is 142 cm³/mol. The maximum Gasteiger partial charge on any atom is 0.266 e. The highest BCUT2D eigenvalue weighted by Crippen LogP contribution is 2.24. The van der Waals surface area contributed by atoms with E-state index < -0.39 is 0 Å². The van der Waals surface area contributed by atoms with Crippen molar-refractivity contribution in [2.75, 3.05) is 0 Å². The second kappa shape index (κ2) is 9.88. The molecule has 0 radical (unpaired) electrons. The SMILES string of the molecule is CCCCc1ccc(-n2c(SCc3cc(=O)n4cc(C)ccc4n3)nc3ccccc3c2=O)cc1. The molecule has 0 aliphatic heterocycles. The van der Waals surface area contributed by atoms with E-state index in [9.17, 15) is 9.59 Å². The molecule has 0 N–H and O–H groups in total. The van der Waals surface area contributed by atoms with Crippen LogP contribution >= 0.6 is 11.8 Å². The van der Waals surface area contributed by atoms with E-state index in [0.29, 0.717) is 33.2 Å². The van der Waals surface area contributed by atoms with Crippen LogP contribution in [-0.4, -0.2) is 18.9 Å². The molecule has 3 aromatic heterocycles. The molecular formula is C28H26N4O2S. The minimum atomic E-state index is -0.124. The monoisotopic (exact) mass is 482 g/mol. The van der Waals surface area contributed by atoms with Gasteiger partial charge < -0.3 is 0 Å². The highest BCUT2D eigenvalue weighted by molar-refractivity contribution is 7.98. The summed E-state index contributed by atoms with van der Waals surface area (Å²) in [5.41, 5.74) is 4.69.